The van der Waals surface area contributed by atoms with Crippen LogP contribution in [0.5, 0.6) is 0 Å². The van der Waals surface area contributed by atoms with Crippen molar-refractivity contribution >= 4 is 6.03 Å². The number of aliphatic hydroxyl groups excluding tert-OH is 1. The highest BCUT2D eigenvalue weighted by Crippen LogP contribution is 2.30. The summed E-state index contributed by atoms with van der Waals surface area (Å²) in [6.45, 7) is 6.69. The van der Waals surface area contributed by atoms with E-state index >= 15 is 0 Å². The van der Waals surface area contributed by atoms with Gasteiger partial charge in [0.25, 0.3) is 0 Å². The zero-order chi connectivity index (χ0) is 15.0. The molecule has 0 spiro atoms. The van der Waals surface area contributed by atoms with E-state index in [9.17, 15) is 4.79 Å². The summed E-state index contributed by atoms with van der Waals surface area (Å²) in [5.74, 6) is 1.39. The Morgan fingerprint density at radius 2 is 2.00 bits per heavy atom. The lowest BCUT2D eigenvalue weighted by Gasteiger charge is -2.23. The molecule has 3 unspecified atom stereocenters. The van der Waals surface area contributed by atoms with Gasteiger partial charge in [-0.1, -0.05) is 26.7 Å². The minimum absolute atomic E-state index is 0.0445. The Kier molecular flexibility index (Phi) is 7.97. The molecule has 0 aromatic heterocycles. The van der Waals surface area contributed by atoms with E-state index in [2.05, 4.69) is 24.5 Å². The Labute approximate surface area is 123 Å². The highest BCUT2D eigenvalue weighted by Gasteiger charge is 2.28. The molecule has 118 valence electrons. The fraction of sp³-hybridized carbons (Fsp3) is 0.938. The third kappa shape index (κ3) is 6.60. The first-order chi connectivity index (χ1) is 9.52. The second-order valence-electron chi connectivity index (χ2n) is 6.65. The molecule has 1 fully saturated rings. The molecule has 1 aliphatic carbocycles. The summed E-state index contributed by atoms with van der Waals surface area (Å²) in [6.07, 6.45) is 7.63. The summed E-state index contributed by atoms with van der Waals surface area (Å²) >= 11 is 0. The van der Waals surface area contributed by atoms with Crippen LogP contribution < -0.4 is 10.6 Å². The van der Waals surface area contributed by atoms with Gasteiger partial charge in [0, 0.05) is 18.7 Å². The number of hydrogen-bond donors (Lipinski definition) is 3. The number of rotatable bonds is 8. The van der Waals surface area contributed by atoms with E-state index in [0.29, 0.717) is 12.0 Å². The van der Waals surface area contributed by atoms with Gasteiger partial charge in [-0.3, -0.25) is 0 Å². The molecule has 0 aromatic carbocycles. The second kappa shape index (κ2) is 9.22. The summed E-state index contributed by atoms with van der Waals surface area (Å²) in [7, 11) is 0. The predicted molar refractivity (Wildman–Crippen MR) is 82.7 cm³/mol. The van der Waals surface area contributed by atoms with Gasteiger partial charge in [0.2, 0.25) is 0 Å². The normalized spacial score (nSPS) is 23.9. The van der Waals surface area contributed by atoms with Gasteiger partial charge in [0.05, 0.1) is 0 Å². The molecule has 0 bridgehead atoms. The van der Waals surface area contributed by atoms with Crippen LogP contribution in [0, 0.1) is 11.8 Å². The van der Waals surface area contributed by atoms with Crippen LogP contribution >= 0.6 is 0 Å². The maximum Gasteiger partial charge on any atom is 0.315 e. The molecule has 0 aliphatic heterocycles. The molecule has 3 N–H and O–H groups in total. The molecular formula is C16H32N2O2. The highest BCUT2D eigenvalue weighted by atomic mass is 16.3. The summed E-state index contributed by atoms with van der Waals surface area (Å²) in [6, 6.07) is 0.424. The maximum absolute atomic E-state index is 12.0. The van der Waals surface area contributed by atoms with E-state index in [4.69, 9.17) is 5.11 Å². The van der Waals surface area contributed by atoms with Crippen molar-refractivity contribution in [1.29, 1.82) is 0 Å². The lowest BCUT2D eigenvalue weighted by atomic mass is 9.94. The topological polar surface area (TPSA) is 61.4 Å². The minimum Gasteiger partial charge on any atom is -0.396 e. The molecule has 2 amide bonds. The Balaban J connectivity index is 2.28. The fourth-order valence-electron chi connectivity index (χ4n) is 3.02. The summed E-state index contributed by atoms with van der Waals surface area (Å²) in [4.78, 5) is 12.0. The van der Waals surface area contributed by atoms with Crippen molar-refractivity contribution in [2.75, 3.05) is 6.61 Å². The fourth-order valence-corrected chi connectivity index (χ4v) is 3.02. The van der Waals surface area contributed by atoms with Gasteiger partial charge in [-0.15, -0.1) is 0 Å². The van der Waals surface area contributed by atoms with Crippen LogP contribution in [0.4, 0.5) is 4.79 Å². The van der Waals surface area contributed by atoms with Crippen LogP contribution in [0.15, 0.2) is 0 Å². The van der Waals surface area contributed by atoms with Crippen LogP contribution in [0.25, 0.3) is 0 Å². The lowest BCUT2D eigenvalue weighted by Crippen LogP contribution is -2.46. The van der Waals surface area contributed by atoms with Gasteiger partial charge in [-0.2, -0.15) is 0 Å². The van der Waals surface area contributed by atoms with Crippen molar-refractivity contribution in [2.24, 2.45) is 11.8 Å². The van der Waals surface area contributed by atoms with Crippen LogP contribution in [0.3, 0.4) is 0 Å². The monoisotopic (exact) mass is 284 g/mol. The third-order valence-corrected chi connectivity index (χ3v) is 4.26. The van der Waals surface area contributed by atoms with Crippen LogP contribution in [-0.2, 0) is 0 Å². The average molecular weight is 284 g/mol. The van der Waals surface area contributed by atoms with E-state index < -0.39 is 0 Å². The standard InChI is InChI=1S/C16H32N2O2/c1-12(2)9-10-14-7-4-8-15(14)18-16(20)17-13(3)6-5-11-19/h12-15,19H,4-11H2,1-3H3,(H2,17,18,20). The molecule has 3 atom stereocenters. The largest absolute Gasteiger partial charge is 0.396 e. The lowest BCUT2D eigenvalue weighted by molar-refractivity contribution is 0.226. The van der Waals surface area contributed by atoms with Crippen molar-refractivity contribution < 1.29 is 9.90 Å². The van der Waals surface area contributed by atoms with Gasteiger partial charge in [0.15, 0.2) is 0 Å². The number of nitrogens with one attached hydrogen (secondary N) is 2. The molecule has 20 heavy (non-hydrogen) atoms. The summed E-state index contributed by atoms with van der Waals surface area (Å²) in [5.41, 5.74) is 0. The first-order valence-corrected chi connectivity index (χ1v) is 8.20. The molecule has 0 saturated heterocycles. The van der Waals surface area contributed by atoms with Crippen LogP contribution in [0.2, 0.25) is 0 Å². The van der Waals surface area contributed by atoms with Crippen LogP contribution in [-0.4, -0.2) is 29.8 Å². The number of carbonyl (C=O) groups is 1. The summed E-state index contributed by atoms with van der Waals surface area (Å²) < 4.78 is 0. The summed E-state index contributed by atoms with van der Waals surface area (Å²) in [5, 5.41) is 14.9. The average Bonchev–Trinajstić information content (AvgIpc) is 2.81. The number of urea groups is 1. The van der Waals surface area contributed by atoms with Gasteiger partial charge in [0.1, 0.15) is 0 Å². The molecule has 1 aliphatic rings. The Hall–Kier alpha value is -0.770. The van der Waals surface area contributed by atoms with Crippen molar-refractivity contribution in [2.45, 2.75) is 77.8 Å². The maximum atomic E-state index is 12.0. The number of amides is 2. The first-order valence-electron chi connectivity index (χ1n) is 8.20. The van der Waals surface area contributed by atoms with Gasteiger partial charge in [-0.05, 0) is 50.9 Å². The smallest absolute Gasteiger partial charge is 0.315 e. The first kappa shape index (κ1) is 17.3. The molecule has 4 heteroatoms. The molecule has 1 saturated carbocycles. The van der Waals surface area contributed by atoms with E-state index in [1.165, 1.54) is 25.7 Å². The third-order valence-electron chi connectivity index (χ3n) is 4.26. The number of carbonyl (C=O) groups excluding carboxylic acids is 1. The van der Waals surface area contributed by atoms with E-state index in [1.54, 1.807) is 0 Å². The Bertz CT molecular complexity index is 282. The second-order valence-corrected chi connectivity index (χ2v) is 6.65. The molecule has 4 nitrogen and oxygen atoms in total. The zero-order valence-electron chi connectivity index (χ0n) is 13.3. The van der Waals surface area contributed by atoms with E-state index in [-0.39, 0.29) is 18.7 Å². The minimum atomic E-state index is -0.0445. The van der Waals surface area contributed by atoms with Crippen molar-refractivity contribution in [3.63, 3.8) is 0 Å². The highest BCUT2D eigenvalue weighted by molar-refractivity contribution is 5.74. The van der Waals surface area contributed by atoms with E-state index in [0.717, 1.165) is 25.2 Å². The number of hydrogen-bond acceptors (Lipinski definition) is 2. The Morgan fingerprint density at radius 1 is 1.25 bits per heavy atom. The van der Waals surface area contributed by atoms with Crippen molar-refractivity contribution in [3.8, 4) is 0 Å². The van der Waals surface area contributed by atoms with Crippen LogP contribution in [0.1, 0.15) is 65.7 Å². The zero-order valence-corrected chi connectivity index (χ0v) is 13.3. The number of aliphatic hydroxyl groups is 1. The van der Waals surface area contributed by atoms with Crippen molar-refractivity contribution in [3.05, 3.63) is 0 Å². The van der Waals surface area contributed by atoms with Gasteiger partial charge >= 0.3 is 6.03 Å². The van der Waals surface area contributed by atoms with Crippen molar-refractivity contribution in [1.82, 2.24) is 10.6 Å². The Morgan fingerprint density at radius 3 is 2.65 bits per heavy atom. The molecule has 0 aromatic rings. The quantitative estimate of drug-likeness (QED) is 0.641. The molecule has 0 radical (unpaired) electrons. The molecular weight excluding hydrogens is 252 g/mol. The molecule has 0 heterocycles. The predicted octanol–water partition coefficient (Wildman–Crippen LogP) is 3.05. The van der Waals surface area contributed by atoms with Gasteiger partial charge in [-0.25, -0.2) is 4.79 Å². The SMILES string of the molecule is CC(C)CCC1CCCC1NC(=O)NC(C)CCCO. The van der Waals surface area contributed by atoms with Gasteiger partial charge < -0.3 is 15.7 Å². The molecule has 1 rings (SSSR count). The van der Waals surface area contributed by atoms with E-state index in [1.807, 2.05) is 6.92 Å².